The van der Waals surface area contributed by atoms with Crippen LogP contribution in [0.1, 0.15) is 65.2 Å². The second-order valence-electron chi connectivity index (χ2n) is 6.76. The number of rotatable bonds is 0. The molecule has 2 rings (SSSR count). The molecule has 1 aliphatic heterocycles. The third-order valence-electron chi connectivity index (χ3n) is 4.68. The van der Waals surface area contributed by atoms with Gasteiger partial charge in [0.05, 0.1) is 0 Å². The Bertz CT molecular complexity index is 542. The van der Waals surface area contributed by atoms with E-state index in [0.717, 1.165) is 43.3 Å². The number of allylic oxidation sites excluding steroid dienone is 3. The Balaban J connectivity index is 2.20. The highest BCUT2D eigenvalue weighted by molar-refractivity contribution is 6.02. The van der Waals surface area contributed by atoms with E-state index >= 15 is 0 Å². The molecule has 2 atom stereocenters. The second-order valence-corrected chi connectivity index (χ2v) is 6.76. The summed E-state index contributed by atoms with van der Waals surface area (Å²) >= 11 is 0. The van der Waals surface area contributed by atoms with Crippen LogP contribution in [0.25, 0.3) is 0 Å². The molecule has 0 radical (unpaired) electrons. The summed E-state index contributed by atoms with van der Waals surface area (Å²) in [7, 11) is 0. The van der Waals surface area contributed by atoms with Crippen molar-refractivity contribution in [3.05, 3.63) is 23.3 Å². The van der Waals surface area contributed by atoms with Gasteiger partial charge in [0, 0.05) is 12.3 Å². The molecule has 0 saturated heterocycles. The smallest absolute Gasteiger partial charge is 0.313 e. The zero-order valence-corrected chi connectivity index (χ0v) is 14.1. The number of fused-ring (bicyclic) bond motifs is 1. The number of esters is 1. The van der Waals surface area contributed by atoms with E-state index in [1.807, 2.05) is 13.8 Å². The summed E-state index contributed by atoms with van der Waals surface area (Å²) in [5, 5.41) is 0. The van der Waals surface area contributed by atoms with Gasteiger partial charge < -0.3 is 4.74 Å². The van der Waals surface area contributed by atoms with E-state index in [0.29, 0.717) is 12.8 Å². The average molecular weight is 318 g/mol. The standard InChI is InChI=1S/C19H26O4/c1-13-6-5-7-15(20)11-14(2)17-8-3-4-9-18(17)23-19(22)12-16(21)10-13/h10-11,17-18H,3-9,12H2,1-2H3/b13-10+,14-11+/t17-,18+/m1/s1. The Morgan fingerprint density at radius 2 is 1.65 bits per heavy atom. The fraction of sp³-hybridized carbons (Fsp3) is 0.632. The lowest BCUT2D eigenvalue weighted by Gasteiger charge is -2.32. The van der Waals surface area contributed by atoms with Crippen LogP contribution in [0, 0.1) is 5.92 Å². The molecule has 0 spiro atoms. The van der Waals surface area contributed by atoms with Crippen LogP contribution in [0.2, 0.25) is 0 Å². The van der Waals surface area contributed by atoms with Gasteiger partial charge in [-0.15, -0.1) is 0 Å². The van der Waals surface area contributed by atoms with Gasteiger partial charge >= 0.3 is 5.97 Å². The van der Waals surface area contributed by atoms with E-state index < -0.39 is 5.97 Å². The van der Waals surface area contributed by atoms with Gasteiger partial charge in [-0.2, -0.15) is 0 Å². The van der Waals surface area contributed by atoms with Crippen molar-refractivity contribution in [3.8, 4) is 0 Å². The number of hydrogen-bond donors (Lipinski definition) is 0. The predicted octanol–water partition coefficient (Wildman–Crippen LogP) is 3.69. The molecule has 23 heavy (non-hydrogen) atoms. The normalized spacial score (nSPS) is 32.7. The summed E-state index contributed by atoms with van der Waals surface area (Å²) in [6, 6.07) is 0. The monoisotopic (exact) mass is 318 g/mol. The highest BCUT2D eigenvalue weighted by Crippen LogP contribution is 2.32. The van der Waals surface area contributed by atoms with E-state index in [1.165, 1.54) is 6.08 Å². The van der Waals surface area contributed by atoms with Crippen molar-refractivity contribution in [1.82, 2.24) is 0 Å². The van der Waals surface area contributed by atoms with E-state index in [2.05, 4.69) is 0 Å². The first-order valence-electron chi connectivity index (χ1n) is 8.56. The Kier molecular flexibility index (Phi) is 6.31. The molecule has 1 aliphatic carbocycles. The maximum absolute atomic E-state index is 12.1. The van der Waals surface area contributed by atoms with Gasteiger partial charge in [-0.25, -0.2) is 0 Å². The quantitative estimate of drug-likeness (QED) is 0.505. The molecule has 1 heterocycles. The van der Waals surface area contributed by atoms with Crippen molar-refractivity contribution in [3.63, 3.8) is 0 Å². The van der Waals surface area contributed by atoms with Crippen LogP contribution >= 0.6 is 0 Å². The molecular weight excluding hydrogens is 292 g/mol. The molecule has 4 nitrogen and oxygen atoms in total. The van der Waals surface area contributed by atoms with Crippen LogP contribution < -0.4 is 0 Å². The van der Waals surface area contributed by atoms with Crippen LogP contribution in [0.4, 0.5) is 0 Å². The highest BCUT2D eigenvalue weighted by Gasteiger charge is 2.30. The largest absolute Gasteiger partial charge is 0.461 e. The predicted molar refractivity (Wildman–Crippen MR) is 87.8 cm³/mol. The van der Waals surface area contributed by atoms with Crippen LogP contribution in [0.3, 0.4) is 0 Å². The summed E-state index contributed by atoms with van der Waals surface area (Å²) in [6.07, 6.45) is 8.60. The van der Waals surface area contributed by atoms with Crippen molar-refractivity contribution in [2.75, 3.05) is 0 Å². The third-order valence-corrected chi connectivity index (χ3v) is 4.68. The Morgan fingerprint density at radius 3 is 2.43 bits per heavy atom. The number of hydrogen-bond acceptors (Lipinski definition) is 4. The van der Waals surface area contributed by atoms with Gasteiger partial charge in [0.1, 0.15) is 12.5 Å². The molecule has 0 bridgehead atoms. The first kappa shape index (κ1) is 17.6. The molecule has 126 valence electrons. The Hall–Kier alpha value is -1.71. The zero-order chi connectivity index (χ0) is 16.8. The second kappa shape index (κ2) is 8.23. The summed E-state index contributed by atoms with van der Waals surface area (Å²) < 4.78 is 5.57. The number of carbonyl (C=O) groups is 3. The van der Waals surface area contributed by atoms with Crippen LogP contribution in [-0.2, 0) is 19.1 Å². The van der Waals surface area contributed by atoms with Crippen molar-refractivity contribution >= 4 is 17.5 Å². The summed E-state index contributed by atoms with van der Waals surface area (Å²) in [5.74, 6) is -0.441. The first-order valence-corrected chi connectivity index (χ1v) is 8.56. The van der Waals surface area contributed by atoms with Crippen molar-refractivity contribution < 1.29 is 19.1 Å². The molecule has 0 N–H and O–H groups in total. The average Bonchev–Trinajstić information content (AvgIpc) is 2.46. The molecule has 0 amide bonds. The molecular formula is C19H26O4. The fourth-order valence-corrected chi connectivity index (χ4v) is 3.48. The Labute approximate surface area is 138 Å². The summed E-state index contributed by atoms with van der Waals surface area (Å²) in [5.41, 5.74) is 1.91. The number of carbonyl (C=O) groups excluding carboxylic acids is 3. The zero-order valence-electron chi connectivity index (χ0n) is 14.1. The minimum Gasteiger partial charge on any atom is -0.461 e. The van der Waals surface area contributed by atoms with Gasteiger partial charge in [0.2, 0.25) is 0 Å². The van der Waals surface area contributed by atoms with Crippen molar-refractivity contribution in [2.24, 2.45) is 5.92 Å². The summed E-state index contributed by atoms with van der Waals surface area (Å²) in [6.45, 7) is 3.81. The molecule has 0 aromatic rings. The van der Waals surface area contributed by atoms with Gasteiger partial charge in [0.15, 0.2) is 11.6 Å². The van der Waals surface area contributed by atoms with Gasteiger partial charge in [0.25, 0.3) is 0 Å². The Morgan fingerprint density at radius 1 is 0.913 bits per heavy atom. The van der Waals surface area contributed by atoms with Crippen LogP contribution in [-0.4, -0.2) is 23.6 Å². The van der Waals surface area contributed by atoms with Gasteiger partial charge in [-0.1, -0.05) is 17.6 Å². The maximum atomic E-state index is 12.1. The van der Waals surface area contributed by atoms with Crippen LogP contribution in [0.15, 0.2) is 23.3 Å². The molecule has 1 saturated carbocycles. The minimum absolute atomic E-state index is 0.104. The van der Waals surface area contributed by atoms with E-state index in [9.17, 15) is 14.4 Å². The van der Waals surface area contributed by atoms with Crippen molar-refractivity contribution in [2.45, 2.75) is 71.3 Å². The summed E-state index contributed by atoms with van der Waals surface area (Å²) in [4.78, 5) is 36.0. The molecule has 1 fully saturated rings. The molecule has 0 aromatic heterocycles. The molecule has 0 aromatic carbocycles. The number of ketones is 2. The minimum atomic E-state index is -0.452. The lowest BCUT2D eigenvalue weighted by atomic mass is 9.81. The lowest BCUT2D eigenvalue weighted by molar-refractivity contribution is -0.153. The van der Waals surface area contributed by atoms with Gasteiger partial charge in [-0.3, -0.25) is 14.4 Å². The fourth-order valence-electron chi connectivity index (χ4n) is 3.48. The topological polar surface area (TPSA) is 60.4 Å². The van der Waals surface area contributed by atoms with Crippen LogP contribution in [0.5, 0.6) is 0 Å². The molecule has 0 unspecified atom stereocenters. The van der Waals surface area contributed by atoms with E-state index in [4.69, 9.17) is 4.74 Å². The maximum Gasteiger partial charge on any atom is 0.313 e. The SMILES string of the molecule is C/C1=C\C(=O)CC(=O)O[C@H]2CCCC[C@@H]2/C(C)=C/C(=O)CCC1. The van der Waals surface area contributed by atoms with E-state index in [1.54, 1.807) is 6.08 Å². The first-order chi connectivity index (χ1) is 11.0. The van der Waals surface area contributed by atoms with Gasteiger partial charge in [-0.05, 0) is 58.1 Å². The third kappa shape index (κ3) is 5.45. The molecule has 4 heteroatoms. The number of ether oxygens (including phenoxy) is 1. The van der Waals surface area contributed by atoms with Crippen molar-refractivity contribution in [1.29, 1.82) is 0 Å². The van der Waals surface area contributed by atoms with E-state index in [-0.39, 0.29) is 30.0 Å². The molecule has 2 aliphatic rings. The highest BCUT2D eigenvalue weighted by atomic mass is 16.5. The lowest BCUT2D eigenvalue weighted by Crippen LogP contribution is -2.31.